The highest BCUT2D eigenvalue weighted by Gasteiger charge is 2.18. The summed E-state index contributed by atoms with van der Waals surface area (Å²) in [5, 5.41) is 13.2. The van der Waals surface area contributed by atoms with Crippen molar-refractivity contribution in [2.45, 2.75) is 26.9 Å². The van der Waals surface area contributed by atoms with Crippen LogP contribution in [0.3, 0.4) is 0 Å². The van der Waals surface area contributed by atoms with E-state index in [9.17, 15) is 4.79 Å². The average Bonchev–Trinajstić information content (AvgIpc) is 3.19. The van der Waals surface area contributed by atoms with Gasteiger partial charge in [-0.2, -0.15) is 4.52 Å². The molecule has 0 saturated heterocycles. The Labute approximate surface area is 168 Å². The van der Waals surface area contributed by atoms with E-state index in [2.05, 4.69) is 34.6 Å². The number of fused-ring (bicyclic) bond motifs is 3. The molecule has 0 atom stereocenters. The molecule has 29 heavy (non-hydrogen) atoms. The number of pyridine rings is 1. The predicted octanol–water partition coefficient (Wildman–Crippen LogP) is 3.07. The maximum Gasteiger partial charge on any atom is 0.249 e. The lowest BCUT2D eigenvalue weighted by atomic mass is 10.1. The number of tetrazole rings is 1. The Morgan fingerprint density at radius 1 is 1.03 bits per heavy atom. The molecule has 148 valence electrons. The first-order valence-electron chi connectivity index (χ1n) is 9.48. The number of aryl methyl sites for hydroxylation is 2. The SMILES string of the molecule is COCC(=O)N(Cc1ccc(C)cc1)Cc1cc2cc(C)ccc2n2nnnc12. The maximum atomic E-state index is 12.8. The van der Waals surface area contributed by atoms with E-state index in [0.717, 1.165) is 27.6 Å². The summed E-state index contributed by atoms with van der Waals surface area (Å²) in [6.07, 6.45) is 0. The third kappa shape index (κ3) is 3.95. The van der Waals surface area contributed by atoms with E-state index in [0.29, 0.717) is 18.7 Å². The number of hydrogen-bond donors (Lipinski definition) is 0. The molecule has 7 nitrogen and oxygen atoms in total. The molecule has 0 spiro atoms. The fraction of sp³-hybridized carbons (Fsp3) is 0.273. The van der Waals surface area contributed by atoms with Gasteiger partial charge in [0.05, 0.1) is 5.52 Å². The topological polar surface area (TPSA) is 72.6 Å². The van der Waals surface area contributed by atoms with Gasteiger partial charge in [-0.3, -0.25) is 4.79 Å². The third-order valence-corrected chi connectivity index (χ3v) is 4.97. The summed E-state index contributed by atoms with van der Waals surface area (Å²) >= 11 is 0. The molecule has 0 bridgehead atoms. The molecule has 4 rings (SSSR count). The molecule has 2 aromatic heterocycles. The summed E-state index contributed by atoms with van der Waals surface area (Å²) < 4.78 is 6.83. The number of amides is 1. The van der Waals surface area contributed by atoms with E-state index in [1.807, 2.05) is 43.3 Å². The van der Waals surface area contributed by atoms with Gasteiger partial charge in [-0.1, -0.05) is 41.5 Å². The minimum Gasteiger partial charge on any atom is -0.375 e. The summed E-state index contributed by atoms with van der Waals surface area (Å²) in [5.74, 6) is -0.0805. The quantitative estimate of drug-likeness (QED) is 0.507. The van der Waals surface area contributed by atoms with E-state index in [1.54, 1.807) is 9.42 Å². The molecule has 7 heteroatoms. The van der Waals surface area contributed by atoms with Gasteiger partial charge < -0.3 is 9.64 Å². The largest absolute Gasteiger partial charge is 0.375 e. The normalized spacial score (nSPS) is 11.3. The number of carbonyl (C=O) groups is 1. The van der Waals surface area contributed by atoms with Gasteiger partial charge in [0, 0.05) is 31.1 Å². The number of rotatable bonds is 6. The van der Waals surface area contributed by atoms with Gasteiger partial charge in [-0.15, -0.1) is 5.10 Å². The Morgan fingerprint density at radius 2 is 1.79 bits per heavy atom. The Bertz CT molecular complexity index is 1170. The number of nitrogens with zero attached hydrogens (tertiary/aromatic N) is 5. The van der Waals surface area contributed by atoms with Crippen molar-refractivity contribution in [3.8, 4) is 0 Å². The van der Waals surface area contributed by atoms with Crippen LogP contribution in [0.1, 0.15) is 22.3 Å². The molecular weight excluding hydrogens is 366 g/mol. The van der Waals surface area contributed by atoms with Crippen LogP contribution in [-0.4, -0.2) is 44.6 Å². The monoisotopic (exact) mass is 389 g/mol. The second-order valence-electron chi connectivity index (χ2n) is 7.31. The van der Waals surface area contributed by atoms with Crippen LogP contribution in [0.2, 0.25) is 0 Å². The molecule has 0 unspecified atom stereocenters. The molecule has 0 aliphatic carbocycles. The highest BCUT2D eigenvalue weighted by atomic mass is 16.5. The number of hydrogen-bond acceptors (Lipinski definition) is 5. The number of benzene rings is 2. The number of carbonyl (C=O) groups excluding carboxylic acids is 1. The van der Waals surface area contributed by atoms with Crippen molar-refractivity contribution in [2.24, 2.45) is 0 Å². The van der Waals surface area contributed by atoms with Gasteiger partial charge in [0.2, 0.25) is 5.91 Å². The second-order valence-corrected chi connectivity index (χ2v) is 7.31. The van der Waals surface area contributed by atoms with Crippen molar-refractivity contribution in [3.63, 3.8) is 0 Å². The van der Waals surface area contributed by atoms with Crippen LogP contribution in [0, 0.1) is 13.8 Å². The van der Waals surface area contributed by atoms with Crippen LogP contribution in [-0.2, 0) is 22.6 Å². The van der Waals surface area contributed by atoms with Gasteiger partial charge in [-0.05, 0) is 48.0 Å². The van der Waals surface area contributed by atoms with Crippen molar-refractivity contribution < 1.29 is 9.53 Å². The Morgan fingerprint density at radius 3 is 2.55 bits per heavy atom. The fourth-order valence-corrected chi connectivity index (χ4v) is 3.47. The summed E-state index contributed by atoms with van der Waals surface area (Å²) in [6, 6.07) is 16.4. The number of aromatic nitrogens is 4. The number of methoxy groups -OCH3 is 1. The molecule has 2 aromatic carbocycles. The molecule has 0 aliphatic rings. The average molecular weight is 389 g/mol. The van der Waals surface area contributed by atoms with Gasteiger partial charge >= 0.3 is 0 Å². The smallest absolute Gasteiger partial charge is 0.249 e. The van der Waals surface area contributed by atoms with Crippen LogP contribution >= 0.6 is 0 Å². The highest BCUT2D eigenvalue weighted by molar-refractivity contribution is 5.84. The highest BCUT2D eigenvalue weighted by Crippen LogP contribution is 2.22. The molecule has 0 N–H and O–H groups in total. The van der Waals surface area contributed by atoms with Crippen molar-refractivity contribution in [1.29, 1.82) is 0 Å². The Hall–Kier alpha value is -3.32. The molecular formula is C22H23N5O2. The lowest BCUT2D eigenvalue weighted by Crippen LogP contribution is -2.33. The fourth-order valence-electron chi connectivity index (χ4n) is 3.47. The first-order chi connectivity index (χ1) is 14.0. The summed E-state index contributed by atoms with van der Waals surface area (Å²) in [4.78, 5) is 14.5. The van der Waals surface area contributed by atoms with Crippen molar-refractivity contribution in [1.82, 2.24) is 24.9 Å². The van der Waals surface area contributed by atoms with Gasteiger partial charge in [0.15, 0.2) is 5.65 Å². The van der Waals surface area contributed by atoms with Gasteiger partial charge in [0.1, 0.15) is 6.61 Å². The molecule has 0 saturated carbocycles. The van der Waals surface area contributed by atoms with E-state index in [4.69, 9.17) is 4.74 Å². The molecule has 0 aliphatic heterocycles. The van der Waals surface area contributed by atoms with E-state index >= 15 is 0 Å². The second kappa shape index (κ2) is 7.97. The minimum atomic E-state index is -0.0805. The molecule has 4 aromatic rings. The van der Waals surface area contributed by atoms with Crippen LogP contribution in [0.5, 0.6) is 0 Å². The van der Waals surface area contributed by atoms with Gasteiger partial charge in [-0.25, -0.2) is 0 Å². The van der Waals surface area contributed by atoms with E-state index in [1.165, 1.54) is 12.7 Å². The van der Waals surface area contributed by atoms with Crippen LogP contribution in [0.15, 0.2) is 48.5 Å². The van der Waals surface area contributed by atoms with E-state index in [-0.39, 0.29) is 12.5 Å². The lowest BCUT2D eigenvalue weighted by molar-refractivity contribution is -0.136. The van der Waals surface area contributed by atoms with Crippen LogP contribution in [0.4, 0.5) is 0 Å². The first-order valence-corrected chi connectivity index (χ1v) is 9.48. The van der Waals surface area contributed by atoms with Crippen molar-refractivity contribution in [3.05, 3.63) is 70.8 Å². The minimum absolute atomic E-state index is 0.0276. The molecule has 1 amide bonds. The van der Waals surface area contributed by atoms with E-state index < -0.39 is 0 Å². The summed E-state index contributed by atoms with van der Waals surface area (Å²) in [6.45, 7) is 5.00. The summed E-state index contributed by atoms with van der Waals surface area (Å²) in [7, 11) is 1.53. The number of ether oxygens (including phenoxy) is 1. The Balaban J connectivity index is 1.73. The lowest BCUT2D eigenvalue weighted by Gasteiger charge is -2.23. The van der Waals surface area contributed by atoms with Crippen LogP contribution < -0.4 is 0 Å². The van der Waals surface area contributed by atoms with Gasteiger partial charge in [0.25, 0.3) is 0 Å². The first kappa shape index (κ1) is 19.0. The molecule has 0 radical (unpaired) electrons. The predicted molar refractivity (Wildman–Crippen MR) is 110 cm³/mol. The van der Waals surface area contributed by atoms with Crippen molar-refractivity contribution in [2.75, 3.05) is 13.7 Å². The third-order valence-electron chi connectivity index (χ3n) is 4.97. The van der Waals surface area contributed by atoms with Crippen LogP contribution in [0.25, 0.3) is 16.6 Å². The standard InChI is InChI=1S/C22H23N5O2/c1-15-4-7-17(8-5-15)12-26(21(28)14-29-3)13-19-11-18-10-16(2)6-9-20(18)27-22(19)23-24-25-27/h4-11H,12-14H2,1-3H3. The molecule has 2 heterocycles. The Kier molecular flexibility index (Phi) is 5.22. The zero-order valence-electron chi connectivity index (χ0n) is 16.8. The molecule has 0 fully saturated rings. The zero-order valence-corrected chi connectivity index (χ0v) is 16.8. The maximum absolute atomic E-state index is 12.8. The van der Waals surface area contributed by atoms with Crippen molar-refractivity contribution >= 4 is 22.5 Å². The summed E-state index contributed by atoms with van der Waals surface area (Å²) in [5.41, 5.74) is 5.89. The zero-order chi connectivity index (χ0) is 20.4.